The number of thioether (sulfide) groups is 1. The monoisotopic (exact) mass is 514 g/mol. The number of rotatable bonds is 4. The van der Waals surface area contributed by atoms with Gasteiger partial charge >= 0.3 is 6.09 Å². The molecule has 0 bridgehead atoms. The highest BCUT2D eigenvalue weighted by atomic mass is 32.2. The molecule has 0 aliphatic carbocycles. The quantitative estimate of drug-likeness (QED) is 0.608. The predicted octanol–water partition coefficient (Wildman–Crippen LogP) is 3.22. The summed E-state index contributed by atoms with van der Waals surface area (Å²) in [7, 11) is 0. The van der Waals surface area contributed by atoms with E-state index in [4.69, 9.17) is 9.15 Å². The molecule has 0 radical (unpaired) electrons. The zero-order valence-corrected chi connectivity index (χ0v) is 21.9. The Balaban J connectivity index is 1.23. The molecule has 5 rings (SSSR count). The largest absolute Gasteiger partial charge is 0.444 e. The van der Waals surface area contributed by atoms with E-state index in [1.807, 2.05) is 37.8 Å². The van der Waals surface area contributed by atoms with Gasteiger partial charge in [-0.1, -0.05) is 0 Å². The maximum absolute atomic E-state index is 13.3. The van der Waals surface area contributed by atoms with Crippen LogP contribution in [0.3, 0.4) is 0 Å². The molecule has 5 heterocycles. The summed E-state index contributed by atoms with van der Waals surface area (Å²) in [5, 5.41) is 8.51. The van der Waals surface area contributed by atoms with Gasteiger partial charge in [0.2, 0.25) is 17.7 Å². The van der Waals surface area contributed by atoms with Gasteiger partial charge in [0, 0.05) is 43.2 Å². The first-order valence-corrected chi connectivity index (χ1v) is 13.8. The third-order valence-electron chi connectivity index (χ3n) is 7.00. The molecule has 11 heteroatoms. The lowest BCUT2D eigenvalue weighted by molar-refractivity contribution is -0.134. The molecule has 0 spiro atoms. The standard InChI is InChI=1S/C25H34N6O4S/c1-25(2,3)35-24(33)31-15-19(13-20(31)23(32)30-11-12-36-16-30)29-9-6-17(7-10-29)21-27-28-22(34-21)18-5-4-8-26-14-18/h4-5,8,14,17,19-20H,6-7,9-13,15-16H2,1-3H3/t19-,20-/m0/s1. The molecule has 0 saturated carbocycles. The van der Waals surface area contributed by atoms with Gasteiger partial charge in [-0.15, -0.1) is 22.0 Å². The van der Waals surface area contributed by atoms with E-state index in [0.717, 1.165) is 43.8 Å². The third kappa shape index (κ3) is 5.51. The van der Waals surface area contributed by atoms with Gasteiger partial charge in [0.05, 0.1) is 11.4 Å². The van der Waals surface area contributed by atoms with Crippen molar-refractivity contribution in [3.05, 3.63) is 30.4 Å². The molecule has 10 nitrogen and oxygen atoms in total. The Morgan fingerprint density at radius 1 is 1.17 bits per heavy atom. The molecule has 2 aromatic rings. The Morgan fingerprint density at radius 3 is 2.64 bits per heavy atom. The smallest absolute Gasteiger partial charge is 0.411 e. The van der Waals surface area contributed by atoms with Crippen LogP contribution in [0.25, 0.3) is 11.5 Å². The fraction of sp³-hybridized carbons (Fsp3) is 0.640. The zero-order chi connectivity index (χ0) is 25.3. The van der Waals surface area contributed by atoms with E-state index >= 15 is 0 Å². The first kappa shape index (κ1) is 25.0. The minimum absolute atomic E-state index is 0.0389. The number of hydrogen-bond acceptors (Lipinski definition) is 9. The molecule has 0 unspecified atom stereocenters. The highest BCUT2D eigenvalue weighted by Gasteiger charge is 2.45. The van der Waals surface area contributed by atoms with Crippen LogP contribution in [-0.2, 0) is 9.53 Å². The number of amides is 2. The topological polar surface area (TPSA) is 105 Å². The zero-order valence-electron chi connectivity index (χ0n) is 21.1. The van der Waals surface area contributed by atoms with Crippen molar-refractivity contribution in [3.63, 3.8) is 0 Å². The van der Waals surface area contributed by atoms with Crippen molar-refractivity contribution in [2.45, 2.75) is 63.6 Å². The lowest BCUT2D eigenvalue weighted by Crippen LogP contribution is -2.48. The normalized spacial score (nSPS) is 23.9. The van der Waals surface area contributed by atoms with Gasteiger partial charge in [0.15, 0.2) is 0 Å². The Hall–Kier alpha value is -2.66. The SMILES string of the molecule is CC(C)(C)OC(=O)N1C[C@@H](N2CCC(c3nnc(-c4cccnc4)o3)CC2)C[C@H]1C(=O)N1CCSC1. The minimum atomic E-state index is -0.608. The number of piperidine rings is 1. The highest BCUT2D eigenvalue weighted by molar-refractivity contribution is 7.99. The minimum Gasteiger partial charge on any atom is -0.444 e. The summed E-state index contributed by atoms with van der Waals surface area (Å²) in [5.74, 6) is 3.03. The summed E-state index contributed by atoms with van der Waals surface area (Å²) in [6.45, 7) is 8.51. The summed E-state index contributed by atoms with van der Waals surface area (Å²) < 4.78 is 11.6. The Morgan fingerprint density at radius 2 is 1.97 bits per heavy atom. The van der Waals surface area contributed by atoms with E-state index in [-0.39, 0.29) is 17.9 Å². The first-order chi connectivity index (χ1) is 17.3. The molecule has 0 N–H and O–H groups in total. The van der Waals surface area contributed by atoms with Crippen LogP contribution >= 0.6 is 11.8 Å². The molecular weight excluding hydrogens is 480 g/mol. The van der Waals surface area contributed by atoms with Crippen molar-refractivity contribution in [1.82, 2.24) is 29.9 Å². The Kier molecular flexibility index (Phi) is 7.21. The van der Waals surface area contributed by atoms with Crippen LogP contribution < -0.4 is 0 Å². The number of ether oxygens (including phenoxy) is 1. The number of carbonyl (C=O) groups excluding carboxylic acids is 2. The average molecular weight is 515 g/mol. The van der Waals surface area contributed by atoms with Crippen molar-refractivity contribution in [2.75, 3.05) is 37.8 Å². The van der Waals surface area contributed by atoms with Gasteiger partial charge in [-0.25, -0.2) is 4.79 Å². The van der Waals surface area contributed by atoms with Crippen molar-refractivity contribution in [1.29, 1.82) is 0 Å². The van der Waals surface area contributed by atoms with Gasteiger partial charge in [-0.05, 0) is 65.3 Å². The maximum atomic E-state index is 13.3. The second-order valence-corrected chi connectivity index (χ2v) is 11.7. The van der Waals surface area contributed by atoms with E-state index in [0.29, 0.717) is 30.6 Å². The molecule has 3 fully saturated rings. The van der Waals surface area contributed by atoms with Crippen molar-refractivity contribution in [2.24, 2.45) is 0 Å². The van der Waals surface area contributed by atoms with Crippen LogP contribution in [0.15, 0.2) is 28.9 Å². The molecule has 3 saturated heterocycles. The van der Waals surface area contributed by atoms with E-state index in [9.17, 15) is 9.59 Å². The molecule has 2 amide bonds. The molecular formula is C25H34N6O4S. The summed E-state index contributed by atoms with van der Waals surface area (Å²) in [6.07, 6.45) is 5.44. The number of nitrogens with zero attached hydrogens (tertiary/aromatic N) is 6. The van der Waals surface area contributed by atoms with E-state index in [1.165, 1.54) is 0 Å². The van der Waals surface area contributed by atoms with E-state index < -0.39 is 17.7 Å². The lowest BCUT2D eigenvalue weighted by atomic mass is 9.95. The second kappa shape index (κ2) is 10.4. The second-order valence-electron chi connectivity index (χ2n) is 10.7. The summed E-state index contributed by atoms with van der Waals surface area (Å²) in [4.78, 5) is 36.4. The number of likely N-dealkylation sites (tertiary alicyclic amines) is 2. The third-order valence-corrected chi connectivity index (χ3v) is 7.97. The number of hydrogen-bond donors (Lipinski definition) is 0. The van der Waals surface area contributed by atoms with Gasteiger partial charge < -0.3 is 14.1 Å². The van der Waals surface area contributed by atoms with Crippen LogP contribution in [0.4, 0.5) is 4.79 Å². The molecule has 194 valence electrons. The van der Waals surface area contributed by atoms with Gasteiger partial charge in [0.25, 0.3) is 0 Å². The fourth-order valence-corrected chi connectivity index (χ4v) is 6.11. The average Bonchev–Trinajstić information content (AvgIpc) is 3.64. The summed E-state index contributed by atoms with van der Waals surface area (Å²) in [6, 6.07) is 3.40. The van der Waals surface area contributed by atoms with Crippen LogP contribution in [0, 0.1) is 0 Å². The highest BCUT2D eigenvalue weighted by Crippen LogP contribution is 2.33. The fourth-order valence-electron chi connectivity index (χ4n) is 5.15. The summed E-state index contributed by atoms with van der Waals surface area (Å²) in [5.41, 5.74) is 0.206. The molecule has 3 aliphatic heterocycles. The summed E-state index contributed by atoms with van der Waals surface area (Å²) >= 11 is 1.75. The van der Waals surface area contributed by atoms with Crippen LogP contribution in [-0.4, -0.2) is 97.4 Å². The molecule has 0 aromatic carbocycles. The predicted molar refractivity (Wildman–Crippen MR) is 135 cm³/mol. The Bertz CT molecular complexity index is 1060. The van der Waals surface area contributed by atoms with Crippen LogP contribution in [0.1, 0.15) is 51.8 Å². The molecule has 2 atom stereocenters. The van der Waals surface area contributed by atoms with Crippen molar-refractivity contribution >= 4 is 23.8 Å². The van der Waals surface area contributed by atoms with Gasteiger partial charge in [0.1, 0.15) is 11.6 Å². The first-order valence-electron chi connectivity index (χ1n) is 12.6. The van der Waals surface area contributed by atoms with Crippen molar-refractivity contribution < 1.29 is 18.7 Å². The molecule has 36 heavy (non-hydrogen) atoms. The number of carbonyl (C=O) groups is 2. The van der Waals surface area contributed by atoms with Crippen LogP contribution in [0.5, 0.6) is 0 Å². The molecule has 2 aromatic heterocycles. The molecule has 3 aliphatic rings. The maximum Gasteiger partial charge on any atom is 0.411 e. The van der Waals surface area contributed by atoms with Gasteiger partial charge in [-0.3, -0.25) is 19.6 Å². The Labute approximate surface area is 215 Å². The van der Waals surface area contributed by atoms with Crippen molar-refractivity contribution in [3.8, 4) is 11.5 Å². The van der Waals surface area contributed by atoms with E-state index in [1.54, 1.807) is 29.1 Å². The van der Waals surface area contributed by atoms with Crippen LogP contribution in [0.2, 0.25) is 0 Å². The lowest BCUT2D eigenvalue weighted by Gasteiger charge is -2.34. The van der Waals surface area contributed by atoms with Gasteiger partial charge in [-0.2, -0.15) is 0 Å². The van der Waals surface area contributed by atoms with E-state index in [2.05, 4.69) is 20.1 Å². The number of pyridine rings is 1. The number of aromatic nitrogens is 3.